The van der Waals surface area contributed by atoms with Crippen molar-refractivity contribution in [3.63, 3.8) is 0 Å². The van der Waals surface area contributed by atoms with Crippen LogP contribution >= 0.6 is 11.6 Å². The molecule has 0 radical (unpaired) electrons. The van der Waals surface area contributed by atoms with Gasteiger partial charge >= 0.3 is 0 Å². The number of hydrogen-bond acceptors (Lipinski definition) is 3. The Bertz CT molecular complexity index is 832. The SMILES string of the molecule is O=C(COc1ccc(Cl)cc1)NCCCn1ccnc1-c1ccccc1. The Labute approximate surface area is 157 Å². The number of aromatic nitrogens is 2. The average Bonchev–Trinajstić information content (AvgIpc) is 3.14. The normalized spacial score (nSPS) is 10.5. The summed E-state index contributed by atoms with van der Waals surface area (Å²) in [4.78, 5) is 16.3. The van der Waals surface area contributed by atoms with E-state index in [1.807, 2.05) is 36.5 Å². The number of rotatable bonds is 8. The van der Waals surface area contributed by atoms with Crippen molar-refractivity contribution in [2.45, 2.75) is 13.0 Å². The molecule has 0 atom stereocenters. The number of carbonyl (C=O) groups is 1. The zero-order valence-electron chi connectivity index (χ0n) is 14.3. The van der Waals surface area contributed by atoms with Gasteiger partial charge in [0.05, 0.1) is 0 Å². The first-order chi connectivity index (χ1) is 12.7. The molecule has 0 unspecified atom stereocenters. The molecule has 0 saturated heterocycles. The number of nitrogens with one attached hydrogen (secondary N) is 1. The molecule has 1 aromatic heterocycles. The maximum absolute atomic E-state index is 11.9. The van der Waals surface area contributed by atoms with Crippen LogP contribution in [-0.2, 0) is 11.3 Å². The van der Waals surface area contributed by atoms with Gasteiger partial charge in [-0.25, -0.2) is 4.98 Å². The van der Waals surface area contributed by atoms with Crippen LogP contribution in [-0.4, -0.2) is 28.6 Å². The summed E-state index contributed by atoms with van der Waals surface area (Å²) in [6.45, 7) is 1.35. The number of imidazole rings is 1. The maximum atomic E-state index is 11.9. The first-order valence-corrected chi connectivity index (χ1v) is 8.82. The number of ether oxygens (including phenoxy) is 1. The minimum absolute atomic E-state index is 0.0119. The van der Waals surface area contributed by atoms with Gasteiger partial charge in [0.15, 0.2) is 6.61 Å². The number of halogens is 1. The summed E-state index contributed by atoms with van der Waals surface area (Å²) in [7, 11) is 0. The minimum Gasteiger partial charge on any atom is -0.484 e. The first kappa shape index (κ1) is 18.0. The van der Waals surface area contributed by atoms with Gasteiger partial charge in [-0.3, -0.25) is 4.79 Å². The fraction of sp³-hybridized carbons (Fsp3) is 0.200. The Morgan fingerprint density at radius 3 is 2.65 bits per heavy atom. The van der Waals surface area contributed by atoms with Crippen molar-refractivity contribution in [1.29, 1.82) is 0 Å². The number of benzene rings is 2. The molecule has 1 heterocycles. The number of aryl methyl sites for hydroxylation is 1. The molecule has 0 fully saturated rings. The fourth-order valence-corrected chi connectivity index (χ4v) is 2.67. The Hall–Kier alpha value is -2.79. The van der Waals surface area contributed by atoms with E-state index in [1.54, 1.807) is 30.5 Å². The second kappa shape index (κ2) is 9.06. The van der Waals surface area contributed by atoms with E-state index >= 15 is 0 Å². The van der Waals surface area contributed by atoms with Gasteiger partial charge in [-0.05, 0) is 30.7 Å². The van der Waals surface area contributed by atoms with Gasteiger partial charge in [0.2, 0.25) is 0 Å². The van der Waals surface area contributed by atoms with Crippen molar-refractivity contribution in [1.82, 2.24) is 14.9 Å². The van der Waals surface area contributed by atoms with Crippen LogP contribution < -0.4 is 10.1 Å². The summed E-state index contributed by atoms with van der Waals surface area (Å²) < 4.78 is 7.51. The van der Waals surface area contributed by atoms with Crippen molar-refractivity contribution < 1.29 is 9.53 Å². The van der Waals surface area contributed by atoms with Crippen LogP contribution in [0.15, 0.2) is 67.0 Å². The molecule has 0 spiro atoms. The molecule has 1 amide bonds. The highest BCUT2D eigenvalue weighted by Crippen LogP contribution is 2.17. The molecule has 0 aliphatic carbocycles. The molecule has 2 aromatic carbocycles. The topological polar surface area (TPSA) is 56.1 Å². The molecule has 6 heteroatoms. The van der Waals surface area contributed by atoms with E-state index in [4.69, 9.17) is 16.3 Å². The van der Waals surface area contributed by atoms with Gasteiger partial charge in [-0.15, -0.1) is 0 Å². The highest BCUT2D eigenvalue weighted by Gasteiger charge is 2.06. The summed E-state index contributed by atoms with van der Waals surface area (Å²) in [5.74, 6) is 1.41. The molecule has 0 saturated carbocycles. The van der Waals surface area contributed by atoms with Crippen LogP contribution in [0, 0.1) is 0 Å². The van der Waals surface area contributed by atoms with Crippen molar-refractivity contribution in [2.24, 2.45) is 0 Å². The molecule has 1 N–H and O–H groups in total. The Kier molecular flexibility index (Phi) is 6.28. The average molecular weight is 370 g/mol. The standard InChI is InChI=1S/C20H20ClN3O2/c21-17-7-9-18(10-8-17)26-15-19(25)22-11-4-13-24-14-12-23-20(24)16-5-2-1-3-6-16/h1-3,5-10,12,14H,4,11,13,15H2,(H,22,25). The van der Waals surface area contributed by atoms with Crippen LogP contribution in [0.4, 0.5) is 0 Å². The lowest BCUT2D eigenvalue weighted by atomic mass is 10.2. The lowest BCUT2D eigenvalue weighted by Gasteiger charge is -2.10. The van der Waals surface area contributed by atoms with Gasteiger partial charge in [0.1, 0.15) is 11.6 Å². The highest BCUT2D eigenvalue weighted by atomic mass is 35.5. The second-order valence-corrected chi connectivity index (χ2v) is 6.19. The Morgan fingerprint density at radius 2 is 1.88 bits per heavy atom. The largest absolute Gasteiger partial charge is 0.484 e. The van der Waals surface area contributed by atoms with Gasteiger partial charge in [0.25, 0.3) is 5.91 Å². The monoisotopic (exact) mass is 369 g/mol. The van der Waals surface area contributed by atoms with Crippen molar-refractivity contribution in [2.75, 3.05) is 13.2 Å². The van der Waals surface area contributed by atoms with Gasteiger partial charge in [-0.2, -0.15) is 0 Å². The van der Waals surface area contributed by atoms with E-state index in [2.05, 4.69) is 14.9 Å². The summed E-state index contributed by atoms with van der Waals surface area (Å²) in [5.41, 5.74) is 1.08. The van der Waals surface area contributed by atoms with E-state index in [9.17, 15) is 4.79 Å². The zero-order chi connectivity index (χ0) is 18.2. The van der Waals surface area contributed by atoms with Gasteiger partial charge < -0.3 is 14.6 Å². The van der Waals surface area contributed by atoms with Gasteiger partial charge in [0, 0.05) is 36.1 Å². The minimum atomic E-state index is -0.145. The molecule has 5 nitrogen and oxygen atoms in total. The third-order valence-corrected chi connectivity index (χ3v) is 4.08. The van der Waals surface area contributed by atoms with E-state index in [-0.39, 0.29) is 12.5 Å². The number of amides is 1. The van der Waals surface area contributed by atoms with Crippen LogP contribution in [0.2, 0.25) is 5.02 Å². The fourth-order valence-electron chi connectivity index (χ4n) is 2.55. The highest BCUT2D eigenvalue weighted by molar-refractivity contribution is 6.30. The van der Waals surface area contributed by atoms with Crippen molar-refractivity contribution in [3.05, 3.63) is 72.0 Å². The van der Waals surface area contributed by atoms with Crippen LogP contribution in [0.5, 0.6) is 5.75 Å². The van der Waals surface area contributed by atoms with Crippen LogP contribution in [0.3, 0.4) is 0 Å². The first-order valence-electron chi connectivity index (χ1n) is 8.44. The predicted octanol–water partition coefficient (Wildman–Crippen LogP) is 3.79. The zero-order valence-corrected chi connectivity index (χ0v) is 15.0. The summed E-state index contributed by atoms with van der Waals surface area (Å²) in [5, 5.41) is 3.50. The summed E-state index contributed by atoms with van der Waals surface area (Å²) in [6, 6.07) is 17.0. The van der Waals surface area contributed by atoms with E-state index in [0.29, 0.717) is 17.3 Å². The number of hydrogen-bond donors (Lipinski definition) is 1. The molecular formula is C20H20ClN3O2. The van der Waals surface area contributed by atoms with E-state index < -0.39 is 0 Å². The predicted molar refractivity (Wildman–Crippen MR) is 102 cm³/mol. The molecule has 0 aliphatic rings. The molecule has 3 aromatic rings. The Balaban J connectivity index is 1.40. The summed E-state index contributed by atoms with van der Waals surface area (Å²) >= 11 is 5.81. The van der Waals surface area contributed by atoms with Gasteiger partial charge in [-0.1, -0.05) is 41.9 Å². The Morgan fingerprint density at radius 1 is 1.12 bits per heavy atom. The van der Waals surface area contributed by atoms with Crippen molar-refractivity contribution in [3.8, 4) is 17.1 Å². The molecule has 134 valence electrons. The lowest BCUT2D eigenvalue weighted by Crippen LogP contribution is -2.30. The molecule has 26 heavy (non-hydrogen) atoms. The summed E-state index contributed by atoms with van der Waals surface area (Å²) in [6.07, 6.45) is 4.55. The van der Waals surface area contributed by atoms with Crippen molar-refractivity contribution >= 4 is 17.5 Å². The lowest BCUT2D eigenvalue weighted by molar-refractivity contribution is -0.123. The molecular weight excluding hydrogens is 350 g/mol. The van der Waals surface area contributed by atoms with Crippen LogP contribution in [0.1, 0.15) is 6.42 Å². The van der Waals surface area contributed by atoms with E-state index in [0.717, 1.165) is 24.4 Å². The third-order valence-electron chi connectivity index (χ3n) is 3.83. The number of carbonyl (C=O) groups excluding carboxylic acids is 1. The second-order valence-electron chi connectivity index (χ2n) is 5.76. The maximum Gasteiger partial charge on any atom is 0.257 e. The quantitative estimate of drug-likeness (QED) is 0.614. The third kappa shape index (κ3) is 5.10. The molecule has 0 aliphatic heterocycles. The molecule has 3 rings (SSSR count). The molecule has 0 bridgehead atoms. The smallest absolute Gasteiger partial charge is 0.257 e. The number of nitrogens with zero attached hydrogens (tertiary/aromatic N) is 2. The van der Waals surface area contributed by atoms with E-state index in [1.165, 1.54) is 0 Å². The van der Waals surface area contributed by atoms with Crippen LogP contribution in [0.25, 0.3) is 11.4 Å².